The molecule has 1 aliphatic heterocycles. The van der Waals surface area contributed by atoms with E-state index in [0.29, 0.717) is 22.6 Å². The Morgan fingerprint density at radius 2 is 1.49 bits per heavy atom. The molecular weight excluding hydrogens is 438 g/mol. The number of benzene rings is 4. The van der Waals surface area contributed by atoms with E-state index in [1.54, 1.807) is 19.2 Å². The lowest BCUT2D eigenvalue weighted by atomic mass is 9.93. The molecule has 174 valence electrons. The lowest BCUT2D eigenvalue weighted by molar-refractivity contribution is -0.132. The number of aliphatic hydroxyl groups excluding tert-OH is 1. The quantitative estimate of drug-likeness (QED) is 0.226. The average Bonchev–Trinajstić information content (AvgIpc) is 3.12. The number of ether oxygens (including phenoxy) is 1. The monoisotopic (exact) mass is 463 g/mol. The number of hydrogen-bond donors (Lipinski definition) is 1. The van der Waals surface area contributed by atoms with Crippen molar-refractivity contribution in [3.8, 4) is 5.75 Å². The van der Waals surface area contributed by atoms with Crippen LogP contribution in [0.4, 0.5) is 5.69 Å². The molecule has 1 saturated heterocycles. The first kappa shape index (κ1) is 22.4. The number of para-hydroxylation sites is 1. The van der Waals surface area contributed by atoms with Gasteiger partial charge in [-0.3, -0.25) is 14.5 Å². The summed E-state index contributed by atoms with van der Waals surface area (Å²) in [6.45, 7) is 3.89. The van der Waals surface area contributed by atoms with Gasteiger partial charge in [-0.15, -0.1) is 0 Å². The Hall–Kier alpha value is -4.38. The van der Waals surface area contributed by atoms with Crippen LogP contribution in [0.15, 0.2) is 90.5 Å². The third-order valence-electron chi connectivity index (χ3n) is 6.39. The maximum Gasteiger partial charge on any atom is 0.300 e. The molecule has 1 unspecified atom stereocenters. The van der Waals surface area contributed by atoms with Crippen molar-refractivity contribution < 1.29 is 19.4 Å². The fraction of sp³-hybridized carbons (Fsp3) is 0.133. The minimum atomic E-state index is -0.848. The van der Waals surface area contributed by atoms with Crippen molar-refractivity contribution in [3.63, 3.8) is 0 Å². The minimum Gasteiger partial charge on any atom is -0.507 e. The Kier molecular flexibility index (Phi) is 5.61. The summed E-state index contributed by atoms with van der Waals surface area (Å²) in [6, 6.07) is 25.4. The number of Topliss-reactive ketones (excluding diaryl/α,β-unsaturated/α-hetero) is 1. The van der Waals surface area contributed by atoms with Gasteiger partial charge in [0.15, 0.2) is 0 Å². The zero-order valence-corrected chi connectivity index (χ0v) is 19.8. The van der Waals surface area contributed by atoms with Crippen molar-refractivity contribution in [2.24, 2.45) is 0 Å². The molecular formula is C30H25NO4. The summed E-state index contributed by atoms with van der Waals surface area (Å²) in [5.74, 6) is -1.10. The van der Waals surface area contributed by atoms with Crippen LogP contribution < -0.4 is 9.64 Å². The first-order valence-corrected chi connectivity index (χ1v) is 11.4. The number of fused-ring (bicyclic) bond motifs is 1. The molecule has 1 fully saturated rings. The van der Waals surface area contributed by atoms with E-state index < -0.39 is 17.7 Å². The van der Waals surface area contributed by atoms with Crippen molar-refractivity contribution in [1.29, 1.82) is 0 Å². The molecule has 1 aliphatic rings. The van der Waals surface area contributed by atoms with Gasteiger partial charge >= 0.3 is 0 Å². The lowest BCUT2D eigenvalue weighted by Crippen LogP contribution is -2.29. The van der Waals surface area contributed by atoms with Crippen molar-refractivity contribution in [2.75, 3.05) is 12.0 Å². The highest BCUT2D eigenvalue weighted by Crippen LogP contribution is 2.45. The third-order valence-corrected chi connectivity index (χ3v) is 6.39. The minimum absolute atomic E-state index is 0.0361. The van der Waals surface area contributed by atoms with Crippen molar-refractivity contribution in [2.45, 2.75) is 19.9 Å². The molecule has 0 bridgehead atoms. The third kappa shape index (κ3) is 3.85. The van der Waals surface area contributed by atoms with Crippen LogP contribution in [0, 0.1) is 13.8 Å². The van der Waals surface area contributed by atoms with Crippen LogP contribution in [0.25, 0.3) is 16.5 Å². The van der Waals surface area contributed by atoms with Gasteiger partial charge in [0.1, 0.15) is 11.5 Å². The SMILES string of the molecule is COc1ccccc1C1/C(=C(\O)c2ccc3ccccc3c2)C(=O)C(=O)N1c1cc(C)cc(C)c1. The van der Waals surface area contributed by atoms with Gasteiger partial charge in [-0.25, -0.2) is 0 Å². The average molecular weight is 464 g/mol. The van der Waals surface area contributed by atoms with Gasteiger partial charge in [0.2, 0.25) is 0 Å². The molecule has 35 heavy (non-hydrogen) atoms. The van der Waals surface area contributed by atoms with Gasteiger partial charge in [-0.2, -0.15) is 0 Å². The standard InChI is InChI=1S/C30H25NO4/c1-18-14-19(2)16-23(15-18)31-27(24-10-6-7-11-25(24)35-3)26(29(33)30(31)34)28(32)22-13-12-20-8-4-5-9-21(20)17-22/h4-17,27,32H,1-3H3/b28-26+. The fourth-order valence-electron chi connectivity index (χ4n) is 4.87. The van der Waals surface area contributed by atoms with Crippen molar-refractivity contribution >= 4 is 33.9 Å². The Bertz CT molecular complexity index is 1500. The molecule has 0 aliphatic carbocycles. The topological polar surface area (TPSA) is 66.8 Å². The second-order valence-corrected chi connectivity index (χ2v) is 8.82. The van der Waals surface area contributed by atoms with Gasteiger partial charge in [-0.1, -0.05) is 60.7 Å². The molecule has 0 radical (unpaired) electrons. The number of carbonyl (C=O) groups excluding carboxylic acids is 2. The van der Waals surface area contributed by atoms with E-state index in [9.17, 15) is 14.7 Å². The summed E-state index contributed by atoms with van der Waals surface area (Å²) < 4.78 is 5.60. The van der Waals surface area contributed by atoms with Crippen LogP contribution in [-0.4, -0.2) is 23.9 Å². The zero-order valence-electron chi connectivity index (χ0n) is 19.8. The van der Waals surface area contributed by atoms with Crippen LogP contribution >= 0.6 is 0 Å². The van der Waals surface area contributed by atoms with Crippen LogP contribution in [0.3, 0.4) is 0 Å². The number of rotatable bonds is 4. The van der Waals surface area contributed by atoms with Crippen LogP contribution in [-0.2, 0) is 9.59 Å². The summed E-state index contributed by atoms with van der Waals surface area (Å²) in [7, 11) is 1.55. The number of nitrogens with zero attached hydrogens (tertiary/aromatic N) is 1. The van der Waals surface area contributed by atoms with E-state index in [0.717, 1.165) is 21.9 Å². The maximum atomic E-state index is 13.5. The molecule has 4 aromatic rings. The molecule has 0 spiro atoms. The molecule has 5 heteroatoms. The normalized spacial score (nSPS) is 17.2. The highest BCUT2D eigenvalue weighted by Gasteiger charge is 2.48. The number of ketones is 1. The number of methoxy groups -OCH3 is 1. The van der Waals surface area contributed by atoms with E-state index in [1.807, 2.05) is 86.6 Å². The Morgan fingerprint density at radius 1 is 0.829 bits per heavy atom. The molecule has 1 amide bonds. The molecule has 1 heterocycles. The van der Waals surface area contributed by atoms with Crippen LogP contribution in [0.2, 0.25) is 0 Å². The Morgan fingerprint density at radius 3 is 2.20 bits per heavy atom. The van der Waals surface area contributed by atoms with E-state index in [1.165, 1.54) is 4.90 Å². The summed E-state index contributed by atoms with van der Waals surface area (Å²) in [4.78, 5) is 28.4. The molecule has 4 aromatic carbocycles. The largest absolute Gasteiger partial charge is 0.507 e. The van der Waals surface area contributed by atoms with Crippen LogP contribution in [0.1, 0.15) is 28.3 Å². The maximum absolute atomic E-state index is 13.5. The number of carbonyl (C=O) groups is 2. The first-order chi connectivity index (χ1) is 16.9. The van der Waals surface area contributed by atoms with Gasteiger partial charge in [0.25, 0.3) is 11.7 Å². The van der Waals surface area contributed by atoms with Gasteiger partial charge < -0.3 is 9.84 Å². The number of anilines is 1. The van der Waals surface area contributed by atoms with Gasteiger partial charge in [-0.05, 0) is 60.0 Å². The molecule has 0 saturated carbocycles. The summed E-state index contributed by atoms with van der Waals surface area (Å²) >= 11 is 0. The van der Waals surface area contributed by atoms with E-state index in [4.69, 9.17) is 4.74 Å². The highest BCUT2D eigenvalue weighted by atomic mass is 16.5. The predicted molar refractivity (Wildman–Crippen MR) is 138 cm³/mol. The summed E-state index contributed by atoms with van der Waals surface area (Å²) in [6.07, 6.45) is 0. The van der Waals surface area contributed by atoms with E-state index in [2.05, 4.69) is 0 Å². The number of aliphatic hydroxyl groups is 1. The van der Waals surface area contributed by atoms with E-state index in [-0.39, 0.29) is 11.3 Å². The Labute approximate surface area is 203 Å². The summed E-state index contributed by atoms with van der Waals surface area (Å²) in [5.41, 5.74) is 3.66. The van der Waals surface area contributed by atoms with Gasteiger partial charge in [0.05, 0.1) is 18.7 Å². The Balaban J connectivity index is 1.77. The van der Waals surface area contributed by atoms with E-state index >= 15 is 0 Å². The molecule has 1 atom stereocenters. The highest BCUT2D eigenvalue weighted by molar-refractivity contribution is 6.51. The molecule has 0 aromatic heterocycles. The fourth-order valence-corrected chi connectivity index (χ4v) is 4.87. The number of amides is 1. The second kappa shape index (κ2) is 8.76. The predicted octanol–water partition coefficient (Wildman–Crippen LogP) is 6.09. The second-order valence-electron chi connectivity index (χ2n) is 8.82. The number of hydrogen-bond acceptors (Lipinski definition) is 4. The zero-order chi connectivity index (χ0) is 24.7. The van der Waals surface area contributed by atoms with Crippen molar-refractivity contribution in [3.05, 3.63) is 113 Å². The van der Waals surface area contributed by atoms with Crippen LogP contribution in [0.5, 0.6) is 5.75 Å². The van der Waals surface area contributed by atoms with Gasteiger partial charge in [0, 0.05) is 16.8 Å². The lowest BCUT2D eigenvalue weighted by Gasteiger charge is -2.27. The number of aryl methyl sites for hydroxylation is 2. The molecule has 5 nitrogen and oxygen atoms in total. The molecule has 1 N–H and O–H groups in total. The first-order valence-electron chi connectivity index (χ1n) is 11.4. The molecule has 5 rings (SSSR count). The van der Waals surface area contributed by atoms with Crippen molar-refractivity contribution in [1.82, 2.24) is 0 Å². The summed E-state index contributed by atoms with van der Waals surface area (Å²) in [5, 5.41) is 13.4. The smallest absolute Gasteiger partial charge is 0.300 e.